The number of carbonyl (C=O) groups is 2. The first-order valence-corrected chi connectivity index (χ1v) is 11.4. The molecule has 8 heteroatoms. The second kappa shape index (κ2) is 9.75. The van der Waals surface area contributed by atoms with Crippen molar-refractivity contribution >= 4 is 40.5 Å². The lowest BCUT2D eigenvalue weighted by Gasteiger charge is -2.33. The maximum absolute atomic E-state index is 12.3. The Hall–Kier alpha value is -3.55. The molecule has 0 bridgehead atoms. The number of fused-ring (bicyclic) bond motifs is 1. The lowest BCUT2D eigenvalue weighted by Crippen LogP contribution is -2.45. The quantitative estimate of drug-likeness (QED) is 0.374. The number of benzene rings is 2. The van der Waals surface area contributed by atoms with E-state index < -0.39 is 11.6 Å². The van der Waals surface area contributed by atoms with Crippen LogP contribution in [0.4, 0.5) is 22.2 Å². The average molecular weight is 467 g/mol. The van der Waals surface area contributed by atoms with E-state index in [2.05, 4.69) is 42.5 Å². The molecule has 3 N–H and O–H groups in total. The van der Waals surface area contributed by atoms with E-state index in [1.54, 1.807) is 12.1 Å². The van der Waals surface area contributed by atoms with Gasteiger partial charge >= 0.3 is 6.09 Å². The van der Waals surface area contributed by atoms with E-state index in [1.165, 1.54) is 10.5 Å². The van der Waals surface area contributed by atoms with Gasteiger partial charge in [-0.25, -0.2) is 4.79 Å². The lowest BCUT2D eigenvalue weighted by atomic mass is 9.87. The van der Waals surface area contributed by atoms with Gasteiger partial charge in [0.15, 0.2) is 5.58 Å². The Balaban J connectivity index is 1.55. The number of hydrogen-bond acceptors (Lipinski definition) is 5. The van der Waals surface area contributed by atoms with Crippen LogP contribution in [0.15, 0.2) is 46.9 Å². The second-order valence-electron chi connectivity index (χ2n) is 10.4. The third-order valence-electron chi connectivity index (χ3n) is 5.50. The molecule has 34 heavy (non-hydrogen) atoms. The van der Waals surface area contributed by atoms with Crippen molar-refractivity contribution < 1.29 is 19.1 Å². The number of anilines is 3. The largest absolute Gasteiger partial charge is 0.465 e. The topological polar surface area (TPSA) is 108 Å². The first-order valence-electron chi connectivity index (χ1n) is 11.4. The zero-order chi connectivity index (χ0) is 25.1. The third-order valence-corrected chi connectivity index (χ3v) is 5.50. The van der Waals surface area contributed by atoms with E-state index in [4.69, 9.17) is 4.42 Å². The monoisotopic (exact) mass is 466 g/mol. The van der Waals surface area contributed by atoms with E-state index in [9.17, 15) is 14.7 Å². The van der Waals surface area contributed by atoms with Gasteiger partial charge < -0.3 is 25.1 Å². The van der Waals surface area contributed by atoms with Crippen LogP contribution in [0.25, 0.3) is 11.1 Å². The maximum atomic E-state index is 12.3. The van der Waals surface area contributed by atoms with Crippen molar-refractivity contribution in [2.45, 2.75) is 65.3 Å². The summed E-state index contributed by atoms with van der Waals surface area (Å²) in [5.74, 6) is -0.159. The summed E-state index contributed by atoms with van der Waals surface area (Å²) in [5, 5.41) is 15.3. The highest BCUT2D eigenvalue weighted by Gasteiger charge is 2.25. The molecule has 0 radical (unpaired) electrons. The SMILES string of the molecule is CC(C)(C)c1ccc2oc(Nc3ccc(NC(=O)CCCN(C(=O)O)C(C)(C)C)cc3)nc2c1. The Kier molecular flexibility index (Phi) is 7.19. The molecule has 3 aromatic rings. The van der Waals surface area contributed by atoms with Crippen LogP contribution >= 0.6 is 0 Å². The number of rotatable bonds is 7. The van der Waals surface area contributed by atoms with Crippen molar-refractivity contribution in [2.24, 2.45) is 0 Å². The highest BCUT2D eigenvalue weighted by atomic mass is 16.4. The molecule has 2 amide bonds. The minimum absolute atomic E-state index is 0.0310. The van der Waals surface area contributed by atoms with Gasteiger partial charge in [-0.2, -0.15) is 4.98 Å². The third kappa shape index (κ3) is 6.50. The number of aromatic nitrogens is 1. The molecular formula is C26H34N4O4. The molecule has 8 nitrogen and oxygen atoms in total. The minimum atomic E-state index is -0.982. The summed E-state index contributed by atoms with van der Waals surface area (Å²) in [7, 11) is 0. The molecule has 182 valence electrons. The van der Waals surface area contributed by atoms with E-state index in [1.807, 2.05) is 45.0 Å². The van der Waals surface area contributed by atoms with Crippen LogP contribution < -0.4 is 10.6 Å². The molecule has 2 aromatic carbocycles. The molecule has 1 heterocycles. The predicted molar refractivity (Wildman–Crippen MR) is 135 cm³/mol. The zero-order valence-corrected chi connectivity index (χ0v) is 20.7. The summed E-state index contributed by atoms with van der Waals surface area (Å²) >= 11 is 0. The first-order chi connectivity index (χ1) is 15.8. The summed E-state index contributed by atoms with van der Waals surface area (Å²) in [6, 6.07) is 13.7. The van der Waals surface area contributed by atoms with Crippen LogP contribution in [-0.4, -0.2) is 39.1 Å². The van der Waals surface area contributed by atoms with Crippen molar-refractivity contribution in [1.29, 1.82) is 0 Å². The molecule has 0 aliphatic rings. The zero-order valence-electron chi connectivity index (χ0n) is 20.7. The van der Waals surface area contributed by atoms with E-state index in [-0.39, 0.29) is 17.7 Å². The first kappa shape index (κ1) is 25.1. The number of nitrogens with zero attached hydrogens (tertiary/aromatic N) is 2. The fraction of sp³-hybridized carbons (Fsp3) is 0.423. The van der Waals surface area contributed by atoms with Crippen molar-refractivity contribution in [2.75, 3.05) is 17.2 Å². The average Bonchev–Trinajstić information content (AvgIpc) is 3.12. The lowest BCUT2D eigenvalue weighted by molar-refractivity contribution is -0.116. The molecule has 0 saturated carbocycles. The van der Waals surface area contributed by atoms with Gasteiger partial charge in [-0.05, 0) is 74.6 Å². The molecular weight excluding hydrogens is 432 g/mol. The molecule has 0 saturated heterocycles. The van der Waals surface area contributed by atoms with Crippen LogP contribution in [0.3, 0.4) is 0 Å². The Morgan fingerprint density at radius 2 is 1.65 bits per heavy atom. The second-order valence-corrected chi connectivity index (χ2v) is 10.4. The Labute approximate surface area is 200 Å². The summed E-state index contributed by atoms with van der Waals surface area (Å²) < 4.78 is 5.80. The van der Waals surface area contributed by atoms with Gasteiger partial charge in [0.25, 0.3) is 6.01 Å². The number of hydrogen-bond donors (Lipinski definition) is 3. The smallest absolute Gasteiger partial charge is 0.407 e. The number of nitrogens with one attached hydrogen (secondary N) is 2. The molecule has 0 spiro atoms. The van der Waals surface area contributed by atoms with E-state index in [0.29, 0.717) is 30.3 Å². The van der Waals surface area contributed by atoms with Crippen molar-refractivity contribution in [1.82, 2.24) is 9.88 Å². The van der Waals surface area contributed by atoms with Gasteiger partial charge in [-0.1, -0.05) is 26.8 Å². The van der Waals surface area contributed by atoms with Crippen LogP contribution in [0, 0.1) is 0 Å². The summed E-state index contributed by atoms with van der Waals surface area (Å²) in [4.78, 5) is 29.5. The van der Waals surface area contributed by atoms with Crippen LogP contribution in [0.2, 0.25) is 0 Å². The molecule has 3 rings (SSSR count). The van der Waals surface area contributed by atoms with Gasteiger partial charge in [-0.3, -0.25) is 4.79 Å². The number of amides is 2. The Morgan fingerprint density at radius 1 is 1.00 bits per heavy atom. The highest BCUT2D eigenvalue weighted by molar-refractivity contribution is 5.91. The van der Waals surface area contributed by atoms with Crippen LogP contribution in [-0.2, 0) is 10.2 Å². The Morgan fingerprint density at radius 3 is 2.24 bits per heavy atom. The van der Waals surface area contributed by atoms with Crippen LogP contribution in [0.5, 0.6) is 0 Å². The van der Waals surface area contributed by atoms with Gasteiger partial charge in [0, 0.05) is 29.9 Å². The van der Waals surface area contributed by atoms with Gasteiger partial charge in [0.2, 0.25) is 5.91 Å². The standard InChI is InChI=1S/C26H34N4O4/c1-25(2,3)17-9-14-21-20(16-17)29-23(34-21)28-19-12-10-18(11-13-19)27-22(31)8-7-15-30(24(32)33)26(4,5)6/h9-14,16H,7-8,15H2,1-6H3,(H,27,31)(H,28,29)(H,32,33). The maximum Gasteiger partial charge on any atom is 0.407 e. The molecule has 0 unspecified atom stereocenters. The minimum Gasteiger partial charge on any atom is -0.465 e. The number of oxazole rings is 1. The van der Waals surface area contributed by atoms with Gasteiger partial charge in [-0.15, -0.1) is 0 Å². The summed E-state index contributed by atoms with van der Waals surface area (Å²) in [5.41, 5.74) is 3.67. The predicted octanol–water partition coefficient (Wildman–Crippen LogP) is 6.37. The fourth-order valence-corrected chi connectivity index (χ4v) is 3.55. The Bertz CT molecular complexity index is 1150. The van der Waals surface area contributed by atoms with Gasteiger partial charge in [0.1, 0.15) is 5.52 Å². The van der Waals surface area contributed by atoms with Crippen molar-refractivity contribution in [3.63, 3.8) is 0 Å². The van der Waals surface area contributed by atoms with E-state index >= 15 is 0 Å². The molecule has 0 fully saturated rings. The van der Waals surface area contributed by atoms with Crippen molar-refractivity contribution in [3.05, 3.63) is 48.0 Å². The number of carboxylic acid groups (broad SMARTS) is 1. The summed E-state index contributed by atoms with van der Waals surface area (Å²) in [6.45, 7) is 12.3. The molecule has 0 aliphatic carbocycles. The van der Waals surface area contributed by atoms with E-state index in [0.717, 1.165) is 11.2 Å². The molecule has 0 aliphatic heterocycles. The van der Waals surface area contributed by atoms with Crippen molar-refractivity contribution in [3.8, 4) is 0 Å². The number of carbonyl (C=O) groups excluding carboxylic acids is 1. The van der Waals surface area contributed by atoms with Crippen LogP contribution in [0.1, 0.15) is 59.9 Å². The fourth-order valence-electron chi connectivity index (χ4n) is 3.55. The normalized spacial score (nSPS) is 11.9. The summed E-state index contributed by atoms with van der Waals surface area (Å²) in [6.07, 6.45) is -0.298. The molecule has 0 atom stereocenters. The molecule has 1 aromatic heterocycles. The van der Waals surface area contributed by atoms with Gasteiger partial charge in [0.05, 0.1) is 0 Å². The highest BCUT2D eigenvalue weighted by Crippen LogP contribution is 2.28.